The second kappa shape index (κ2) is 7.77. The van der Waals surface area contributed by atoms with Gasteiger partial charge >= 0.3 is 6.98 Å². The molecule has 0 N–H and O–H groups in total. The molecule has 0 unspecified atom stereocenters. The number of rotatable bonds is 3. The summed E-state index contributed by atoms with van der Waals surface area (Å²) in [5.41, 5.74) is 9.92. The molecule has 1 aliphatic rings. The quantitative estimate of drug-likeness (QED) is 0.238. The van der Waals surface area contributed by atoms with E-state index in [-0.39, 0.29) is 6.98 Å². The Bertz CT molecular complexity index is 1580. The smallest absolute Gasteiger partial charge is 0.456 e. The lowest BCUT2D eigenvalue weighted by Gasteiger charge is -2.34. The number of para-hydroxylation sites is 1. The van der Waals surface area contributed by atoms with Gasteiger partial charge in [-0.15, -0.1) is 0 Å². The first-order chi connectivity index (χ1) is 16.8. The van der Waals surface area contributed by atoms with Gasteiger partial charge in [0.05, 0.1) is 23.7 Å². The number of anilines is 1. The number of aryl methyl sites for hydroxylation is 2. The van der Waals surface area contributed by atoms with E-state index in [1.54, 1.807) is 0 Å². The molecule has 2 aromatic heterocycles. The van der Waals surface area contributed by atoms with Gasteiger partial charge in [0, 0.05) is 10.8 Å². The summed E-state index contributed by atoms with van der Waals surface area (Å²) in [4.78, 5) is 2.49. The Morgan fingerprint density at radius 3 is 2.29 bits per heavy atom. The largest absolute Gasteiger partial charge is 0.537 e. The third-order valence-corrected chi connectivity index (χ3v) is 7.75. The summed E-state index contributed by atoms with van der Waals surface area (Å²) in [5, 5.41) is 2.38. The van der Waals surface area contributed by atoms with E-state index in [0.717, 1.165) is 11.2 Å². The van der Waals surface area contributed by atoms with Gasteiger partial charge in [-0.05, 0) is 54.6 Å². The van der Waals surface area contributed by atoms with Gasteiger partial charge in [0.15, 0.2) is 0 Å². The van der Waals surface area contributed by atoms with Gasteiger partial charge < -0.3 is 9.23 Å². The van der Waals surface area contributed by atoms with Crippen LogP contribution in [0, 0.1) is 6.92 Å². The lowest BCUT2D eigenvalue weighted by Crippen LogP contribution is -2.58. The summed E-state index contributed by atoms with van der Waals surface area (Å²) in [6, 6.07) is 17.5. The molecular formula is C30H33BN3O+. The number of nitrogens with zero attached hydrogens (tertiary/aromatic N) is 3. The summed E-state index contributed by atoms with van der Waals surface area (Å²) >= 11 is 0. The zero-order valence-corrected chi connectivity index (χ0v) is 21.8. The molecule has 1 aliphatic heterocycles. The minimum Gasteiger partial charge on any atom is -0.456 e. The highest BCUT2D eigenvalue weighted by atomic mass is 16.3. The van der Waals surface area contributed by atoms with Crippen molar-refractivity contribution in [1.82, 2.24) is 4.48 Å². The molecule has 5 heteroatoms. The van der Waals surface area contributed by atoms with E-state index in [2.05, 4.69) is 123 Å². The maximum Gasteiger partial charge on any atom is 0.537 e. The van der Waals surface area contributed by atoms with Crippen LogP contribution in [0.15, 0.2) is 65.3 Å². The zero-order valence-electron chi connectivity index (χ0n) is 21.8. The first kappa shape index (κ1) is 22.0. The van der Waals surface area contributed by atoms with Crippen molar-refractivity contribution in [3.63, 3.8) is 0 Å². The molecular weight excluding hydrogens is 429 g/mol. The number of hydrogen-bond donors (Lipinski definition) is 0. The monoisotopic (exact) mass is 462 g/mol. The van der Waals surface area contributed by atoms with Gasteiger partial charge in [-0.25, -0.2) is 4.57 Å². The van der Waals surface area contributed by atoms with Crippen LogP contribution >= 0.6 is 0 Å². The molecule has 3 aromatic carbocycles. The van der Waals surface area contributed by atoms with Gasteiger partial charge in [-0.2, -0.15) is 0 Å². The Hall–Kier alpha value is -3.47. The molecule has 0 atom stereocenters. The zero-order chi connectivity index (χ0) is 24.6. The van der Waals surface area contributed by atoms with Crippen LogP contribution in [0.2, 0.25) is 0 Å². The van der Waals surface area contributed by atoms with Gasteiger partial charge in [0.25, 0.3) is 5.82 Å². The van der Waals surface area contributed by atoms with E-state index >= 15 is 0 Å². The third kappa shape index (κ3) is 3.03. The summed E-state index contributed by atoms with van der Waals surface area (Å²) in [5.74, 6) is 2.10. The van der Waals surface area contributed by atoms with Crippen LogP contribution < -0.4 is 14.8 Å². The van der Waals surface area contributed by atoms with Crippen molar-refractivity contribution < 1.29 is 8.98 Å². The molecule has 0 saturated heterocycles. The average Bonchev–Trinajstić information content (AvgIpc) is 3.38. The van der Waals surface area contributed by atoms with E-state index < -0.39 is 0 Å². The standard InChI is InChI=1S/C30H33BN3O/c1-18(2)21-12-10-13-22(19(3)4)28(21)31-33(7)29-26(30-32(6)15-16-34(30)31)20(5)17-25-27(29)23-11-8-9-14-24(23)35-25/h8-19H,1-7H3/q+1. The molecule has 3 heterocycles. The normalized spacial score (nSPS) is 13.4. The molecule has 0 fully saturated rings. The van der Waals surface area contributed by atoms with Gasteiger partial charge in [-0.1, -0.05) is 64.1 Å². The maximum absolute atomic E-state index is 6.37. The van der Waals surface area contributed by atoms with Crippen LogP contribution in [0.1, 0.15) is 56.2 Å². The van der Waals surface area contributed by atoms with Crippen LogP contribution in [-0.2, 0) is 7.05 Å². The van der Waals surface area contributed by atoms with Crippen LogP contribution in [0.25, 0.3) is 33.3 Å². The Labute approximate surface area is 207 Å². The minimum atomic E-state index is 0.0494. The minimum absolute atomic E-state index is 0.0494. The van der Waals surface area contributed by atoms with E-state index in [0.29, 0.717) is 11.8 Å². The molecule has 4 nitrogen and oxygen atoms in total. The lowest BCUT2D eigenvalue weighted by atomic mass is 9.58. The Morgan fingerprint density at radius 2 is 1.60 bits per heavy atom. The Kier molecular flexibility index (Phi) is 4.89. The number of hydrogen-bond acceptors (Lipinski definition) is 2. The highest BCUT2D eigenvalue weighted by Crippen LogP contribution is 2.46. The third-order valence-electron chi connectivity index (χ3n) is 7.75. The number of fused-ring (bicyclic) bond motifs is 7. The van der Waals surface area contributed by atoms with Gasteiger partial charge in [0.1, 0.15) is 23.6 Å². The lowest BCUT2D eigenvalue weighted by molar-refractivity contribution is -0.659. The van der Waals surface area contributed by atoms with Crippen molar-refractivity contribution >= 4 is 40.1 Å². The fourth-order valence-corrected chi connectivity index (χ4v) is 6.17. The van der Waals surface area contributed by atoms with Crippen LogP contribution in [-0.4, -0.2) is 18.5 Å². The summed E-state index contributed by atoms with van der Waals surface area (Å²) in [6.07, 6.45) is 4.44. The van der Waals surface area contributed by atoms with Crippen molar-refractivity contribution in [2.45, 2.75) is 46.5 Å². The Morgan fingerprint density at radius 1 is 0.914 bits per heavy atom. The molecule has 176 valence electrons. The molecule has 0 saturated carbocycles. The Balaban J connectivity index is 1.76. The van der Waals surface area contributed by atoms with Crippen LogP contribution in [0.5, 0.6) is 0 Å². The summed E-state index contributed by atoms with van der Waals surface area (Å²) in [7, 11) is 4.42. The van der Waals surface area contributed by atoms with Gasteiger partial charge in [-0.3, -0.25) is 4.48 Å². The predicted molar refractivity (Wildman–Crippen MR) is 147 cm³/mol. The van der Waals surface area contributed by atoms with Crippen molar-refractivity contribution in [2.24, 2.45) is 7.05 Å². The molecule has 0 amide bonds. The van der Waals surface area contributed by atoms with Gasteiger partial charge in [0.2, 0.25) is 0 Å². The molecule has 5 aromatic rings. The molecule has 0 aliphatic carbocycles. The fraction of sp³-hybridized carbons (Fsp3) is 0.300. The van der Waals surface area contributed by atoms with Crippen molar-refractivity contribution in [2.75, 3.05) is 11.9 Å². The first-order valence-electron chi connectivity index (χ1n) is 12.7. The molecule has 35 heavy (non-hydrogen) atoms. The van der Waals surface area contributed by atoms with Crippen molar-refractivity contribution in [3.8, 4) is 11.4 Å². The molecule has 0 bridgehead atoms. The number of imidazole rings is 1. The van der Waals surface area contributed by atoms with E-state index in [1.807, 2.05) is 0 Å². The van der Waals surface area contributed by atoms with Crippen LogP contribution in [0.3, 0.4) is 0 Å². The fourth-order valence-electron chi connectivity index (χ4n) is 6.17. The predicted octanol–water partition coefficient (Wildman–Crippen LogP) is 6.13. The molecule has 0 spiro atoms. The average molecular weight is 462 g/mol. The first-order valence-corrected chi connectivity index (χ1v) is 12.7. The number of benzene rings is 3. The second-order valence-electron chi connectivity index (χ2n) is 10.7. The van der Waals surface area contributed by atoms with E-state index in [4.69, 9.17) is 4.42 Å². The van der Waals surface area contributed by atoms with Crippen LogP contribution in [0.4, 0.5) is 5.69 Å². The molecule has 6 rings (SSSR count). The summed E-state index contributed by atoms with van der Waals surface area (Å²) in [6.45, 7) is 11.5. The number of aromatic nitrogens is 2. The number of furan rings is 1. The van der Waals surface area contributed by atoms with E-state index in [9.17, 15) is 0 Å². The highest BCUT2D eigenvalue weighted by Gasteiger charge is 2.47. The SMILES string of the molecule is Cc1cc2oc3ccccc3c2c2c1-c1n(cc[n+]1C)B(c1c(C(C)C)cccc1C(C)C)N2C. The summed E-state index contributed by atoms with van der Waals surface area (Å²) < 4.78 is 11.1. The van der Waals surface area contributed by atoms with Crippen molar-refractivity contribution in [3.05, 3.63) is 77.6 Å². The highest BCUT2D eigenvalue weighted by molar-refractivity contribution is 6.77. The topological polar surface area (TPSA) is 25.2 Å². The second-order valence-corrected chi connectivity index (χ2v) is 10.7. The molecule has 0 radical (unpaired) electrons. The van der Waals surface area contributed by atoms with Crippen molar-refractivity contribution in [1.29, 1.82) is 0 Å². The van der Waals surface area contributed by atoms with E-state index in [1.165, 1.54) is 50.0 Å². The maximum atomic E-state index is 6.37.